The number of nitrogens with zero attached hydrogens (tertiary/aromatic N) is 4. The van der Waals surface area contributed by atoms with Gasteiger partial charge in [-0.15, -0.1) is 0 Å². The van der Waals surface area contributed by atoms with E-state index in [0.717, 1.165) is 25.0 Å². The van der Waals surface area contributed by atoms with E-state index in [1.807, 2.05) is 0 Å². The van der Waals surface area contributed by atoms with Gasteiger partial charge >= 0.3 is 0 Å². The topological polar surface area (TPSA) is 69.9 Å². The van der Waals surface area contributed by atoms with Crippen molar-refractivity contribution in [2.45, 2.75) is 36.4 Å². The van der Waals surface area contributed by atoms with Crippen LogP contribution in [0.5, 0.6) is 0 Å². The Kier molecular flexibility index (Phi) is 4.94. The van der Waals surface area contributed by atoms with E-state index in [-0.39, 0.29) is 23.0 Å². The molecule has 0 saturated carbocycles. The largest absolute Gasteiger partial charge is 0.376 e. The molecule has 1 aromatic carbocycles. The second-order valence-electron chi connectivity index (χ2n) is 6.09. The summed E-state index contributed by atoms with van der Waals surface area (Å²) in [5, 5.41) is 0.572. The van der Waals surface area contributed by atoms with Gasteiger partial charge in [-0.05, 0) is 30.5 Å². The summed E-state index contributed by atoms with van der Waals surface area (Å²) in [6.07, 6.45) is 4.94. The Morgan fingerprint density at radius 2 is 2.04 bits per heavy atom. The summed E-state index contributed by atoms with van der Waals surface area (Å²) in [4.78, 5) is 25.7. The molecule has 1 atom stereocenters. The summed E-state index contributed by atoms with van der Waals surface area (Å²) in [5.74, 6) is 0.303. The SMILES string of the molecule is O=c1c2nccnc2nc(SCc2ccc(F)cc2)n1C[C@@H]1CCCO1. The Morgan fingerprint density at radius 1 is 1.23 bits per heavy atom. The summed E-state index contributed by atoms with van der Waals surface area (Å²) >= 11 is 1.42. The molecule has 26 heavy (non-hydrogen) atoms. The third-order valence-electron chi connectivity index (χ3n) is 4.25. The van der Waals surface area contributed by atoms with Crippen molar-refractivity contribution >= 4 is 22.9 Å². The molecule has 4 rings (SSSR count). The van der Waals surface area contributed by atoms with Crippen molar-refractivity contribution < 1.29 is 9.13 Å². The molecule has 0 radical (unpaired) electrons. The number of hydrogen-bond acceptors (Lipinski definition) is 6. The predicted molar refractivity (Wildman–Crippen MR) is 96.5 cm³/mol. The van der Waals surface area contributed by atoms with Crippen molar-refractivity contribution in [3.8, 4) is 0 Å². The van der Waals surface area contributed by atoms with Crippen LogP contribution in [0.1, 0.15) is 18.4 Å². The van der Waals surface area contributed by atoms with Crippen LogP contribution in [0.2, 0.25) is 0 Å². The van der Waals surface area contributed by atoms with Gasteiger partial charge in [0, 0.05) is 24.8 Å². The van der Waals surface area contributed by atoms with E-state index in [1.165, 1.54) is 36.3 Å². The van der Waals surface area contributed by atoms with E-state index in [9.17, 15) is 9.18 Å². The first-order valence-corrected chi connectivity index (χ1v) is 9.39. The minimum absolute atomic E-state index is 0.00814. The molecule has 3 aromatic rings. The molecule has 0 amide bonds. The Balaban J connectivity index is 1.68. The maximum atomic E-state index is 13.1. The normalized spacial score (nSPS) is 17.0. The molecule has 0 N–H and O–H groups in total. The highest BCUT2D eigenvalue weighted by atomic mass is 32.2. The monoisotopic (exact) mass is 372 g/mol. The molecule has 6 nitrogen and oxygen atoms in total. The molecule has 1 fully saturated rings. The zero-order valence-corrected chi connectivity index (χ0v) is 14.8. The molecule has 1 saturated heterocycles. The summed E-state index contributed by atoms with van der Waals surface area (Å²) in [6, 6.07) is 6.31. The van der Waals surface area contributed by atoms with Gasteiger partial charge in [0.1, 0.15) is 5.82 Å². The number of rotatable bonds is 5. The highest BCUT2D eigenvalue weighted by Gasteiger charge is 2.21. The first-order chi connectivity index (χ1) is 12.7. The van der Waals surface area contributed by atoms with E-state index in [0.29, 0.717) is 23.1 Å². The lowest BCUT2D eigenvalue weighted by Crippen LogP contribution is -2.29. The Labute approximate surface area is 153 Å². The van der Waals surface area contributed by atoms with Crippen LogP contribution in [-0.4, -0.2) is 32.2 Å². The second-order valence-corrected chi connectivity index (χ2v) is 7.03. The van der Waals surface area contributed by atoms with E-state index in [1.54, 1.807) is 16.7 Å². The fraction of sp³-hybridized carbons (Fsp3) is 0.333. The van der Waals surface area contributed by atoms with Crippen LogP contribution in [0, 0.1) is 5.82 Å². The van der Waals surface area contributed by atoms with Crippen molar-refractivity contribution in [2.24, 2.45) is 0 Å². The van der Waals surface area contributed by atoms with Crippen LogP contribution in [-0.2, 0) is 17.0 Å². The van der Waals surface area contributed by atoms with E-state index < -0.39 is 0 Å². The van der Waals surface area contributed by atoms with Crippen LogP contribution < -0.4 is 5.56 Å². The summed E-state index contributed by atoms with van der Waals surface area (Å²) in [7, 11) is 0. The first-order valence-electron chi connectivity index (χ1n) is 8.41. The fourth-order valence-electron chi connectivity index (χ4n) is 2.92. The van der Waals surface area contributed by atoms with Crippen molar-refractivity contribution in [3.05, 3.63) is 58.4 Å². The van der Waals surface area contributed by atoms with Gasteiger partial charge in [0.25, 0.3) is 5.56 Å². The maximum absolute atomic E-state index is 13.1. The molecular weight excluding hydrogens is 355 g/mol. The molecule has 1 aliphatic heterocycles. The van der Waals surface area contributed by atoms with Crippen LogP contribution in [0.15, 0.2) is 46.6 Å². The quantitative estimate of drug-likeness (QED) is 0.507. The van der Waals surface area contributed by atoms with Crippen LogP contribution in [0.4, 0.5) is 4.39 Å². The number of aromatic nitrogens is 4. The molecule has 0 bridgehead atoms. The van der Waals surface area contributed by atoms with Gasteiger partial charge in [-0.25, -0.2) is 19.3 Å². The van der Waals surface area contributed by atoms with Crippen molar-refractivity contribution in [2.75, 3.05) is 6.61 Å². The number of hydrogen-bond donors (Lipinski definition) is 0. The number of thioether (sulfide) groups is 1. The number of halogens is 1. The number of fused-ring (bicyclic) bond motifs is 1. The minimum atomic E-state index is -0.270. The standard InChI is InChI=1S/C18H17FN4O2S/c19-13-5-3-12(4-6-13)11-26-18-22-16-15(20-7-8-21-16)17(24)23(18)10-14-2-1-9-25-14/h3-8,14H,1-2,9-11H2/t14-/m0/s1. The second kappa shape index (κ2) is 7.51. The highest BCUT2D eigenvalue weighted by molar-refractivity contribution is 7.98. The molecule has 134 valence electrons. The molecule has 0 spiro atoms. The average molecular weight is 372 g/mol. The van der Waals surface area contributed by atoms with Crippen molar-refractivity contribution in [1.82, 2.24) is 19.5 Å². The molecule has 1 aliphatic rings. The zero-order chi connectivity index (χ0) is 17.9. The van der Waals surface area contributed by atoms with Crippen LogP contribution in [0.25, 0.3) is 11.2 Å². The summed E-state index contributed by atoms with van der Waals surface area (Å²) in [6.45, 7) is 1.17. The van der Waals surface area contributed by atoms with Gasteiger partial charge in [0.05, 0.1) is 12.6 Å². The van der Waals surface area contributed by atoms with Gasteiger partial charge in [-0.3, -0.25) is 9.36 Å². The van der Waals surface area contributed by atoms with Crippen molar-refractivity contribution in [3.63, 3.8) is 0 Å². The van der Waals surface area contributed by atoms with Gasteiger partial charge in [-0.1, -0.05) is 23.9 Å². The smallest absolute Gasteiger partial charge is 0.282 e. The van der Waals surface area contributed by atoms with Gasteiger partial charge in [0.2, 0.25) is 0 Å². The molecule has 8 heteroatoms. The third-order valence-corrected chi connectivity index (χ3v) is 5.30. The first kappa shape index (κ1) is 17.1. The predicted octanol–water partition coefficient (Wildman–Crippen LogP) is 2.80. The lowest BCUT2D eigenvalue weighted by Gasteiger charge is -2.15. The van der Waals surface area contributed by atoms with E-state index in [2.05, 4.69) is 15.0 Å². The molecule has 3 heterocycles. The summed E-state index contributed by atoms with van der Waals surface area (Å²) in [5.41, 5.74) is 1.34. The minimum Gasteiger partial charge on any atom is -0.376 e. The van der Waals surface area contributed by atoms with E-state index >= 15 is 0 Å². The van der Waals surface area contributed by atoms with Crippen LogP contribution >= 0.6 is 11.8 Å². The Bertz CT molecular complexity index is 971. The highest BCUT2D eigenvalue weighted by Crippen LogP contribution is 2.23. The maximum Gasteiger partial charge on any atom is 0.282 e. The molecule has 0 aliphatic carbocycles. The third kappa shape index (κ3) is 3.61. The van der Waals surface area contributed by atoms with Crippen LogP contribution in [0.3, 0.4) is 0 Å². The Morgan fingerprint density at radius 3 is 2.81 bits per heavy atom. The zero-order valence-electron chi connectivity index (χ0n) is 14.0. The molecule has 2 aromatic heterocycles. The number of benzene rings is 1. The van der Waals surface area contributed by atoms with E-state index in [4.69, 9.17) is 4.74 Å². The Hall–Kier alpha value is -2.32. The van der Waals surface area contributed by atoms with Crippen molar-refractivity contribution in [1.29, 1.82) is 0 Å². The van der Waals surface area contributed by atoms with Gasteiger partial charge in [0.15, 0.2) is 16.3 Å². The number of ether oxygens (including phenoxy) is 1. The lowest BCUT2D eigenvalue weighted by molar-refractivity contribution is 0.0937. The van der Waals surface area contributed by atoms with Gasteiger partial charge in [-0.2, -0.15) is 0 Å². The molecule has 0 unspecified atom stereocenters. The summed E-state index contributed by atoms with van der Waals surface area (Å²) < 4.78 is 20.4. The van der Waals surface area contributed by atoms with Gasteiger partial charge < -0.3 is 4.74 Å². The average Bonchev–Trinajstić information content (AvgIpc) is 3.17. The fourth-order valence-corrected chi connectivity index (χ4v) is 3.87. The lowest BCUT2D eigenvalue weighted by atomic mass is 10.2. The molecular formula is C18H17FN4O2S.